The maximum absolute atomic E-state index is 12.4. The molecule has 1 saturated heterocycles. The first-order valence-corrected chi connectivity index (χ1v) is 10.8. The summed E-state index contributed by atoms with van der Waals surface area (Å²) in [5.74, 6) is 0.518. The van der Waals surface area contributed by atoms with E-state index in [0.717, 1.165) is 44.0 Å². The largest absolute Gasteiger partial charge is 0.497 e. The summed E-state index contributed by atoms with van der Waals surface area (Å²) in [6.45, 7) is 4.98. The second-order valence-electron chi connectivity index (χ2n) is 7.77. The summed E-state index contributed by atoms with van der Waals surface area (Å²) in [5.41, 5.74) is 6.51. The van der Waals surface area contributed by atoms with Gasteiger partial charge in [-0.2, -0.15) is 5.10 Å². The van der Waals surface area contributed by atoms with Crippen LogP contribution in [0.3, 0.4) is 0 Å². The van der Waals surface area contributed by atoms with Crippen LogP contribution in [-0.2, 0) is 6.54 Å². The van der Waals surface area contributed by atoms with Crippen molar-refractivity contribution in [3.05, 3.63) is 95.6 Å². The topological polar surface area (TPSA) is 57.2 Å². The number of nitrogens with zero attached hydrogens (tertiary/aromatic N) is 3. The van der Waals surface area contributed by atoms with Crippen LogP contribution in [-0.4, -0.2) is 50.3 Å². The van der Waals surface area contributed by atoms with Gasteiger partial charge >= 0.3 is 0 Å². The zero-order valence-electron chi connectivity index (χ0n) is 18.3. The fourth-order valence-corrected chi connectivity index (χ4v) is 3.77. The van der Waals surface area contributed by atoms with E-state index < -0.39 is 0 Å². The van der Waals surface area contributed by atoms with Crippen molar-refractivity contribution < 1.29 is 9.53 Å². The molecule has 0 saturated carbocycles. The predicted molar refractivity (Wildman–Crippen MR) is 128 cm³/mol. The quantitative estimate of drug-likeness (QED) is 0.460. The first-order valence-electron chi connectivity index (χ1n) is 10.8. The summed E-state index contributed by atoms with van der Waals surface area (Å²) in [6, 6.07) is 25.8. The first kappa shape index (κ1) is 21.6. The van der Waals surface area contributed by atoms with E-state index in [-0.39, 0.29) is 5.91 Å². The Morgan fingerprint density at radius 2 is 1.72 bits per heavy atom. The van der Waals surface area contributed by atoms with Crippen molar-refractivity contribution in [3.8, 4) is 5.75 Å². The fourth-order valence-electron chi connectivity index (χ4n) is 3.77. The van der Waals surface area contributed by atoms with Crippen molar-refractivity contribution in [3.63, 3.8) is 0 Å². The van der Waals surface area contributed by atoms with Crippen molar-refractivity contribution >= 4 is 17.8 Å². The van der Waals surface area contributed by atoms with Gasteiger partial charge in [0.05, 0.1) is 13.3 Å². The Morgan fingerprint density at radius 1 is 0.969 bits per heavy atom. The number of carbonyl (C=O) groups is 1. The number of amides is 1. The Hall–Kier alpha value is -3.64. The highest BCUT2D eigenvalue weighted by molar-refractivity contribution is 5.94. The number of hydrazone groups is 1. The molecule has 0 atom stereocenters. The Bertz CT molecular complexity index is 1040. The lowest BCUT2D eigenvalue weighted by molar-refractivity contribution is 0.0955. The van der Waals surface area contributed by atoms with Crippen LogP contribution in [0.4, 0.5) is 5.69 Å². The summed E-state index contributed by atoms with van der Waals surface area (Å²) < 4.78 is 5.19. The minimum absolute atomic E-state index is 0.229. The number of ether oxygens (including phenoxy) is 1. The van der Waals surface area contributed by atoms with E-state index in [1.165, 1.54) is 11.3 Å². The number of hydrogen-bond acceptors (Lipinski definition) is 5. The zero-order chi connectivity index (χ0) is 22.2. The van der Waals surface area contributed by atoms with Crippen LogP contribution in [0.2, 0.25) is 0 Å². The van der Waals surface area contributed by atoms with Gasteiger partial charge in [0.25, 0.3) is 5.91 Å². The molecule has 3 aromatic rings. The van der Waals surface area contributed by atoms with Gasteiger partial charge in [-0.25, -0.2) is 5.43 Å². The molecule has 0 aliphatic carbocycles. The van der Waals surface area contributed by atoms with Gasteiger partial charge in [0, 0.05) is 44.0 Å². The van der Waals surface area contributed by atoms with Crippen LogP contribution in [0.25, 0.3) is 0 Å². The molecule has 1 aliphatic rings. The minimum atomic E-state index is -0.229. The predicted octanol–water partition coefficient (Wildman–Crippen LogP) is 3.78. The normalized spacial score (nSPS) is 14.5. The van der Waals surface area contributed by atoms with E-state index in [0.29, 0.717) is 5.56 Å². The monoisotopic (exact) mass is 428 g/mol. The highest BCUT2D eigenvalue weighted by Gasteiger charge is 2.17. The summed E-state index contributed by atoms with van der Waals surface area (Å²) in [4.78, 5) is 17.2. The van der Waals surface area contributed by atoms with Crippen molar-refractivity contribution in [2.45, 2.75) is 6.54 Å². The summed E-state index contributed by atoms with van der Waals surface area (Å²) in [5, 5.41) is 4.05. The van der Waals surface area contributed by atoms with Crippen LogP contribution < -0.4 is 15.1 Å². The molecule has 0 bridgehead atoms. The lowest BCUT2D eigenvalue weighted by Crippen LogP contribution is -2.45. The van der Waals surface area contributed by atoms with Gasteiger partial charge in [0.2, 0.25) is 0 Å². The Balaban J connectivity index is 1.26. The minimum Gasteiger partial charge on any atom is -0.497 e. The van der Waals surface area contributed by atoms with Gasteiger partial charge in [0.1, 0.15) is 5.75 Å². The molecule has 1 N–H and O–H groups in total. The average Bonchev–Trinajstić information content (AvgIpc) is 2.85. The molecule has 32 heavy (non-hydrogen) atoms. The lowest BCUT2D eigenvalue weighted by atomic mass is 10.1. The molecule has 6 heteroatoms. The molecule has 1 amide bonds. The highest BCUT2D eigenvalue weighted by Crippen LogP contribution is 2.17. The van der Waals surface area contributed by atoms with Crippen molar-refractivity contribution in [2.24, 2.45) is 5.10 Å². The van der Waals surface area contributed by atoms with Crippen LogP contribution in [0.1, 0.15) is 21.5 Å². The zero-order valence-corrected chi connectivity index (χ0v) is 18.3. The maximum Gasteiger partial charge on any atom is 0.271 e. The van der Waals surface area contributed by atoms with Gasteiger partial charge in [-0.1, -0.05) is 42.5 Å². The second-order valence-corrected chi connectivity index (χ2v) is 7.77. The van der Waals surface area contributed by atoms with E-state index in [1.54, 1.807) is 13.3 Å². The third-order valence-electron chi connectivity index (χ3n) is 5.59. The van der Waals surface area contributed by atoms with E-state index in [1.807, 2.05) is 48.5 Å². The number of para-hydroxylation sites is 1. The number of nitrogens with one attached hydrogen (secondary N) is 1. The van der Waals surface area contributed by atoms with Crippen LogP contribution in [0.15, 0.2) is 84.0 Å². The van der Waals surface area contributed by atoms with Crippen LogP contribution in [0, 0.1) is 0 Å². The molecule has 1 heterocycles. The molecule has 0 radical (unpaired) electrons. The Morgan fingerprint density at radius 3 is 2.44 bits per heavy atom. The molecule has 0 spiro atoms. The number of hydrogen-bond donors (Lipinski definition) is 1. The number of piperazine rings is 1. The Labute approximate surface area is 189 Å². The summed E-state index contributed by atoms with van der Waals surface area (Å²) in [7, 11) is 1.62. The molecule has 164 valence electrons. The molecule has 0 aromatic heterocycles. The maximum atomic E-state index is 12.4. The van der Waals surface area contributed by atoms with E-state index in [9.17, 15) is 4.79 Å². The first-order chi connectivity index (χ1) is 15.7. The van der Waals surface area contributed by atoms with Gasteiger partial charge in [0.15, 0.2) is 0 Å². The van der Waals surface area contributed by atoms with E-state index >= 15 is 0 Å². The second kappa shape index (κ2) is 10.6. The molecular weight excluding hydrogens is 400 g/mol. The van der Waals surface area contributed by atoms with Gasteiger partial charge in [-0.3, -0.25) is 9.69 Å². The third kappa shape index (κ3) is 5.74. The molecule has 6 nitrogen and oxygen atoms in total. The van der Waals surface area contributed by atoms with Crippen molar-refractivity contribution in [2.75, 3.05) is 38.2 Å². The van der Waals surface area contributed by atoms with E-state index in [2.05, 4.69) is 50.7 Å². The molecule has 1 aliphatic heterocycles. The summed E-state index contributed by atoms with van der Waals surface area (Å²) in [6.07, 6.45) is 1.60. The average molecular weight is 429 g/mol. The van der Waals surface area contributed by atoms with Crippen molar-refractivity contribution in [1.29, 1.82) is 0 Å². The number of benzene rings is 3. The number of anilines is 1. The highest BCUT2D eigenvalue weighted by atomic mass is 16.5. The van der Waals surface area contributed by atoms with E-state index in [4.69, 9.17) is 4.74 Å². The molecule has 1 fully saturated rings. The number of rotatable bonds is 7. The molecular formula is C26H28N4O2. The number of carbonyl (C=O) groups excluding carboxylic acids is 1. The van der Waals surface area contributed by atoms with Gasteiger partial charge in [-0.15, -0.1) is 0 Å². The smallest absolute Gasteiger partial charge is 0.271 e. The standard InChI is InChI=1S/C26H28N4O2/c1-32-25-9-5-6-22(18-25)19-27-28-26(31)23-12-10-21(11-13-23)20-29-14-16-30(17-15-29)24-7-3-2-4-8-24/h2-13,18-19H,14-17,20H2,1H3,(H,28,31)/b27-19-. The fraction of sp³-hybridized carbons (Fsp3) is 0.231. The van der Waals surface area contributed by atoms with Gasteiger partial charge in [-0.05, 0) is 47.5 Å². The van der Waals surface area contributed by atoms with Crippen molar-refractivity contribution in [1.82, 2.24) is 10.3 Å². The third-order valence-corrected chi connectivity index (χ3v) is 5.59. The number of methoxy groups -OCH3 is 1. The molecule has 4 rings (SSSR count). The van der Waals surface area contributed by atoms with Crippen LogP contribution >= 0.6 is 0 Å². The molecule has 0 unspecified atom stereocenters. The SMILES string of the molecule is COc1cccc(/C=N\NC(=O)c2ccc(CN3CCN(c4ccccc4)CC3)cc2)c1. The lowest BCUT2D eigenvalue weighted by Gasteiger charge is -2.36. The van der Waals surface area contributed by atoms with Gasteiger partial charge < -0.3 is 9.64 Å². The Kier molecular flexibility index (Phi) is 7.15. The molecule has 3 aromatic carbocycles. The summed E-state index contributed by atoms with van der Waals surface area (Å²) >= 11 is 0. The van der Waals surface area contributed by atoms with Crippen LogP contribution in [0.5, 0.6) is 5.75 Å².